The zero-order valence-corrected chi connectivity index (χ0v) is 19.6. The lowest BCUT2D eigenvalue weighted by molar-refractivity contribution is -0.127. The normalized spacial score (nSPS) is 17.1. The number of likely N-dealkylation sites (tertiary alicyclic amines) is 1. The number of benzene rings is 1. The largest absolute Gasteiger partial charge is 0.465 e. The summed E-state index contributed by atoms with van der Waals surface area (Å²) in [6.45, 7) is 2.26. The number of methoxy groups -OCH3 is 1. The molecular weight excluding hydrogens is 434 g/mol. The minimum absolute atomic E-state index is 0.0226. The summed E-state index contributed by atoms with van der Waals surface area (Å²) >= 11 is 1.26. The maximum atomic E-state index is 12.3. The van der Waals surface area contributed by atoms with E-state index in [4.69, 9.17) is 4.74 Å². The van der Waals surface area contributed by atoms with Crippen molar-refractivity contribution in [1.82, 2.24) is 4.90 Å². The number of nitrogens with zero attached hydrogens (tertiary/aromatic N) is 1. The van der Waals surface area contributed by atoms with Gasteiger partial charge >= 0.3 is 5.97 Å². The molecule has 1 aliphatic heterocycles. The van der Waals surface area contributed by atoms with Gasteiger partial charge in [-0.1, -0.05) is 61.0 Å². The minimum Gasteiger partial charge on any atom is -0.465 e. The standard InChI is InChI=1S/C27H27NO4S/c1-20(8-6-11-21-9-4-3-5-10-21)24(29)16-13-22-14-18-26(30)28(22)19-7-12-23-15-17-25(33-23)27(31)32-2/h3-5,9-10,13,15-17,20,22,24,29H,8,14,18-19H2,1-2H3/t20-,22-,24-/m0/s1. The first-order chi connectivity index (χ1) is 16.0. The molecule has 1 N–H and O–H groups in total. The van der Waals surface area contributed by atoms with E-state index in [0.717, 1.165) is 10.4 Å². The van der Waals surface area contributed by atoms with E-state index >= 15 is 0 Å². The van der Waals surface area contributed by atoms with E-state index in [9.17, 15) is 14.7 Å². The highest BCUT2D eigenvalue weighted by Crippen LogP contribution is 2.21. The van der Waals surface area contributed by atoms with Crippen molar-refractivity contribution in [2.24, 2.45) is 5.92 Å². The minimum atomic E-state index is -0.637. The van der Waals surface area contributed by atoms with E-state index in [1.807, 2.05) is 43.3 Å². The summed E-state index contributed by atoms with van der Waals surface area (Å²) in [5.74, 6) is 11.9. The highest BCUT2D eigenvalue weighted by atomic mass is 32.1. The monoisotopic (exact) mass is 461 g/mol. The third-order valence-electron chi connectivity index (χ3n) is 5.37. The Labute approximate surface area is 199 Å². The van der Waals surface area contributed by atoms with E-state index in [2.05, 4.69) is 23.7 Å². The molecule has 1 amide bonds. The van der Waals surface area contributed by atoms with Crippen molar-refractivity contribution in [3.63, 3.8) is 0 Å². The van der Waals surface area contributed by atoms with Crippen LogP contribution in [0.1, 0.15) is 46.3 Å². The Bertz CT molecular complexity index is 1110. The molecule has 1 aliphatic rings. The highest BCUT2D eigenvalue weighted by molar-refractivity contribution is 7.14. The molecule has 2 aromatic rings. The Morgan fingerprint density at radius 2 is 2.03 bits per heavy atom. The van der Waals surface area contributed by atoms with Gasteiger partial charge in [-0.15, -0.1) is 11.3 Å². The Morgan fingerprint density at radius 1 is 1.24 bits per heavy atom. The number of rotatable bonds is 6. The van der Waals surface area contributed by atoms with Crippen molar-refractivity contribution in [2.45, 2.75) is 38.3 Å². The second kappa shape index (κ2) is 12.1. The second-order valence-corrected chi connectivity index (χ2v) is 8.89. The lowest BCUT2D eigenvalue weighted by Crippen LogP contribution is -2.32. The van der Waals surface area contributed by atoms with Crippen LogP contribution < -0.4 is 0 Å². The van der Waals surface area contributed by atoms with Gasteiger partial charge in [0.05, 0.1) is 30.7 Å². The number of carbonyl (C=O) groups is 2. The van der Waals surface area contributed by atoms with E-state index < -0.39 is 6.10 Å². The Hall–Kier alpha value is -3.32. The average molecular weight is 462 g/mol. The van der Waals surface area contributed by atoms with Gasteiger partial charge in [0, 0.05) is 18.4 Å². The van der Waals surface area contributed by atoms with Crippen molar-refractivity contribution in [1.29, 1.82) is 0 Å². The van der Waals surface area contributed by atoms with Crippen LogP contribution in [0.25, 0.3) is 0 Å². The molecule has 170 valence electrons. The van der Waals surface area contributed by atoms with Crippen LogP contribution in [0.5, 0.6) is 0 Å². The van der Waals surface area contributed by atoms with Crippen molar-refractivity contribution < 1.29 is 19.4 Å². The van der Waals surface area contributed by atoms with Gasteiger partial charge < -0.3 is 14.7 Å². The van der Waals surface area contributed by atoms with Crippen LogP contribution in [0, 0.1) is 29.6 Å². The summed E-state index contributed by atoms with van der Waals surface area (Å²) < 4.78 is 4.70. The molecule has 6 heteroatoms. The SMILES string of the molecule is COC(=O)c1ccc(C#CCN2C(=O)CC[C@@H]2C=C[C@H](O)[C@@H](C)CC#Cc2ccccc2)s1. The first kappa shape index (κ1) is 24.3. The zero-order valence-electron chi connectivity index (χ0n) is 18.8. The lowest BCUT2D eigenvalue weighted by Gasteiger charge is -2.20. The smallest absolute Gasteiger partial charge is 0.348 e. The van der Waals surface area contributed by atoms with E-state index in [0.29, 0.717) is 30.7 Å². The molecule has 1 saturated heterocycles. The molecular formula is C27H27NO4S. The van der Waals surface area contributed by atoms with Gasteiger partial charge in [-0.05, 0) is 36.6 Å². The van der Waals surface area contributed by atoms with Crippen molar-refractivity contribution in [3.05, 3.63) is 69.9 Å². The number of esters is 1. The fourth-order valence-electron chi connectivity index (χ4n) is 3.38. The molecule has 3 rings (SSSR count). The topological polar surface area (TPSA) is 66.8 Å². The van der Waals surface area contributed by atoms with E-state index in [1.165, 1.54) is 18.4 Å². The second-order valence-electron chi connectivity index (χ2n) is 7.81. The molecule has 0 unspecified atom stereocenters. The lowest BCUT2D eigenvalue weighted by atomic mass is 9.99. The molecule has 5 nitrogen and oxygen atoms in total. The van der Waals surface area contributed by atoms with Gasteiger partial charge in [-0.2, -0.15) is 0 Å². The highest BCUT2D eigenvalue weighted by Gasteiger charge is 2.28. The number of hydrogen-bond acceptors (Lipinski definition) is 5. The van der Waals surface area contributed by atoms with Crippen LogP contribution in [0.3, 0.4) is 0 Å². The number of amides is 1. The van der Waals surface area contributed by atoms with Gasteiger partial charge in [0.2, 0.25) is 5.91 Å². The summed E-state index contributed by atoms with van der Waals surface area (Å²) in [7, 11) is 1.34. The van der Waals surface area contributed by atoms with Gasteiger partial charge in [-0.25, -0.2) is 4.79 Å². The number of aliphatic hydroxyl groups excluding tert-OH is 1. The molecule has 1 fully saturated rings. The summed E-state index contributed by atoms with van der Waals surface area (Å²) in [6.07, 6.45) is 4.78. The van der Waals surface area contributed by atoms with Gasteiger partial charge in [-0.3, -0.25) is 4.79 Å². The maximum Gasteiger partial charge on any atom is 0.348 e. The molecule has 1 aromatic heterocycles. The quantitative estimate of drug-likeness (QED) is 0.403. The molecule has 0 radical (unpaired) electrons. The van der Waals surface area contributed by atoms with Crippen LogP contribution in [-0.2, 0) is 9.53 Å². The van der Waals surface area contributed by atoms with Gasteiger partial charge in [0.15, 0.2) is 0 Å². The first-order valence-corrected chi connectivity index (χ1v) is 11.7. The molecule has 0 spiro atoms. The summed E-state index contributed by atoms with van der Waals surface area (Å²) in [5, 5.41) is 10.5. The van der Waals surface area contributed by atoms with E-state index in [1.54, 1.807) is 23.1 Å². The molecule has 2 heterocycles. The number of ether oxygens (including phenoxy) is 1. The summed E-state index contributed by atoms with van der Waals surface area (Å²) in [5.41, 5.74) is 0.958. The zero-order chi connectivity index (χ0) is 23.6. The number of thiophene rings is 1. The summed E-state index contributed by atoms with van der Waals surface area (Å²) in [4.78, 5) is 26.8. The first-order valence-electron chi connectivity index (χ1n) is 10.8. The van der Waals surface area contributed by atoms with E-state index in [-0.39, 0.29) is 23.8 Å². The fourth-order valence-corrected chi connectivity index (χ4v) is 4.18. The van der Waals surface area contributed by atoms with Crippen LogP contribution >= 0.6 is 11.3 Å². The predicted molar refractivity (Wildman–Crippen MR) is 130 cm³/mol. The number of hydrogen-bond donors (Lipinski definition) is 1. The fraction of sp³-hybridized carbons (Fsp3) is 0.333. The molecule has 1 aromatic carbocycles. The summed E-state index contributed by atoms with van der Waals surface area (Å²) in [6, 6.07) is 13.1. The van der Waals surface area contributed by atoms with Crippen LogP contribution in [-0.4, -0.2) is 47.7 Å². The van der Waals surface area contributed by atoms with Crippen molar-refractivity contribution >= 4 is 23.2 Å². The molecule has 33 heavy (non-hydrogen) atoms. The van der Waals surface area contributed by atoms with Crippen LogP contribution in [0.4, 0.5) is 0 Å². The third kappa shape index (κ3) is 7.08. The molecule has 0 aliphatic carbocycles. The van der Waals surface area contributed by atoms with Crippen molar-refractivity contribution in [2.75, 3.05) is 13.7 Å². The number of carbonyl (C=O) groups excluding carboxylic acids is 2. The predicted octanol–water partition coefficient (Wildman–Crippen LogP) is 3.87. The number of aliphatic hydroxyl groups is 1. The molecule has 0 saturated carbocycles. The van der Waals surface area contributed by atoms with Crippen LogP contribution in [0.15, 0.2) is 54.6 Å². The molecule has 3 atom stereocenters. The Kier molecular flexibility index (Phi) is 8.89. The maximum absolute atomic E-state index is 12.3. The Morgan fingerprint density at radius 3 is 2.79 bits per heavy atom. The van der Waals surface area contributed by atoms with Gasteiger partial charge in [0.25, 0.3) is 0 Å². The van der Waals surface area contributed by atoms with Crippen molar-refractivity contribution in [3.8, 4) is 23.7 Å². The van der Waals surface area contributed by atoms with Gasteiger partial charge in [0.1, 0.15) is 4.88 Å². The molecule has 0 bridgehead atoms. The third-order valence-corrected chi connectivity index (χ3v) is 6.35. The average Bonchev–Trinajstić information content (AvgIpc) is 3.44. The van der Waals surface area contributed by atoms with Crippen LogP contribution in [0.2, 0.25) is 0 Å². The Balaban J connectivity index is 1.54.